The molecule has 1 aliphatic heterocycles. The van der Waals surface area contributed by atoms with Crippen LogP contribution >= 0.6 is 0 Å². The maximum Gasteiger partial charge on any atom is 0.114 e. The molecule has 0 amide bonds. The zero-order valence-electron chi connectivity index (χ0n) is 7.85. The highest BCUT2D eigenvalue weighted by Crippen LogP contribution is 2.39. The Kier molecular flexibility index (Phi) is 1.52. The Labute approximate surface area is 73.4 Å². The molecular weight excluding hydrogens is 148 g/mol. The van der Waals surface area contributed by atoms with Crippen LogP contribution in [0.3, 0.4) is 0 Å². The van der Waals surface area contributed by atoms with Gasteiger partial charge in [-0.2, -0.15) is 0 Å². The Bertz CT molecular complexity index is 311. The summed E-state index contributed by atoms with van der Waals surface area (Å²) in [6.45, 7) is 7.33. The van der Waals surface area contributed by atoms with Crippen LogP contribution in [-0.2, 0) is 10.3 Å². The molecule has 0 bridgehead atoms. The monoisotopic (exact) mass is 162 g/mol. The number of benzene rings is 1. The fourth-order valence-corrected chi connectivity index (χ4v) is 1.59. The molecule has 1 unspecified atom stereocenters. The summed E-state index contributed by atoms with van der Waals surface area (Å²) in [6, 6.07) is 6.41. The lowest BCUT2D eigenvalue weighted by Gasteiger charge is -2.11. The second-order valence-corrected chi connectivity index (χ2v) is 3.77. The van der Waals surface area contributed by atoms with Crippen LogP contribution in [0.5, 0.6) is 0 Å². The molecule has 0 spiro atoms. The number of ether oxygens (including phenoxy) is 1. The van der Waals surface area contributed by atoms with Crippen LogP contribution in [0.2, 0.25) is 0 Å². The number of rotatable bonds is 1. The molecule has 1 aromatic carbocycles. The van der Waals surface area contributed by atoms with Crippen LogP contribution in [0.1, 0.15) is 23.6 Å². The van der Waals surface area contributed by atoms with E-state index in [1.54, 1.807) is 0 Å². The number of hydrogen-bond donors (Lipinski definition) is 0. The van der Waals surface area contributed by atoms with Gasteiger partial charge in [-0.25, -0.2) is 0 Å². The molecule has 12 heavy (non-hydrogen) atoms. The van der Waals surface area contributed by atoms with Gasteiger partial charge in [0.15, 0.2) is 0 Å². The lowest BCUT2D eigenvalue weighted by molar-refractivity contribution is 0.328. The Morgan fingerprint density at radius 2 is 2.00 bits per heavy atom. The summed E-state index contributed by atoms with van der Waals surface area (Å²) in [5.74, 6) is 0. The van der Waals surface area contributed by atoms with E-state index in [1.165, 1.54) is 16.7 Å². The van der Waals surface area contributed by atoms with Crippen LogP contribution in [0.15, 0.2) is 18.2 Å². The molecule has 64 valence electrons. The molecule has 1 aromatic rings. The number of epoxide rings is 1. The molecule has 0 aliphatic carbocycles. The molecule has 2 rings (SSSR count). The smallest absolute Gasteiger partial charge is 0.114 e. The third kappa shape index (κ3) is 1.05. The molecule has 0 radical (unpaired) electrons. The normalized spacial score (nSPS) is 27.2. The molecule has 0 aromatic heterocycles. The molecule has 1 heteroatoms. The highest BCUT2D eigenvalue weighted by Gasteiger charge is 2.42. The van der Waals surface area contributed by atoms with Gasteiger partial charge in [0.25, 0.3) is 0 Å². The summed E-state index contributed by atoms with van der Waals surface area (Å²) in [5.41, 5.74) is 4.10. The first-order valence-corrected chi connectivity index (χ1v) is 4.34. The van der Waals surface area contributed by atoms with E-state index >= 15 is 0 Å². The maximum absolute atomic E-state index is 5.42. The van der Waals surface area contributed by atoms with E-state index in [2.05, 4.69) is 39.0 Å². The summed E-state index contributed by atoms with van der Waals surface area (Å²) >= 11 is 0. The largest absolute Gasteiger partial charge is 0.365 e. The van der Waals surface area contributed by atoms with Crippen molar-refractivity contribution in [1.29, 1.82) is 0 Å². The molecule has 1 fully saturated rings. The first-order chi connectivity index (χ1) is 5.63. The minimum absolute atomic E-state index is 0.0239. The van der Waals surface area contributed by atoms with Crippen LogP contribution in [0, 0.1) is 13.8 Å². The minimum Gasteiger partial charge on any atom is -0.365 e. The lowest BCUT2D eigenvalue weighted by atomic mass is 9.94. The van der Waals surface area contributed by atoms with Crippen molar-refractivity contribution in [2.45, 2.75) is 26.4 Å². The third-order valence-corrected chi connectivity index (χ3v) is 2.75. The second kappa shape index (κ2) is 2.33. The second-order valence-electron chi connectivity index (χ2n) is 3.77. The number of aryl methyl sites for hydroxylation is 1. The maximum atomic E-state index is 5.42. The minimum atomic E-state index is 0.0239. The Morgan fingerprint density at radius 1 is 1.33 bits per heavy atom. The molecule has 1 atom stereocenters. The van der Waals surface area contributed by atoms with Gasteiger partial charge in [0.2, 0.25) is 0 Å². The van der Waals surface area contributed by atoms with Crippen LogP contribution < -0.4 is 0 Å². The van der Waals surface area contributed by atoms with Crippen molar-refractivity contribution in [1.82, 2.24) is 0 Å². The quantitative estimate of drug-likeness (QED) is 0.578. The SMILES string of the molecule is Cc1cccc(C2(C)CO2)c1C. The van der Waals surface area contributed by atoms with Gasteiger partial charge >= 0.3 is 0 Å². The van der Waals surface area contributed by atoms with Crippen molar-refractivity contribution < 1.29 is 4.74 Å². The Hall–Kier alpha value is -0.820. The van der Waals surface area contributed by atoms with E-state index in [-0.39, 0.29) is 5.60 Å². The summed E-state index contributed by atoms with van der Waals surface area (Å²) in [5, 5.41) is 0. The summed E-state index contributed by atoms with van der Waals surface area (Å²) < 4.78 is 5.42. The molecule has 1 aliphatic rings. The van der Waals surface area contributed by atoms with Gasteiger partial charge in [0.1, 0.15) is 5.60 Å². The highest BCUT2D eigenvalue weighted by atomic mass is 16.6. The topological polar surface area (TPSA) is 12.5 Å². The Balaban J connectivity index is 2.51. The molecular formula is C11H14O. The van der Waals surface area contributed by atoms with Gasteiger partial charge in [-0.15, -0.1) is 0 Å². The van der Waals surface area contributed by atoms with E-state index in [0.717, 1.165) is 6.61 Å². The predicted molar refractivity (Wildman–Crippen MR) is 49.2 cm³/mol. The first-order valence-electron chi connectivity index (χ1n) is 4.34. The van der Waals surface area contributed by atoms with Gasteiger partial charge in [-0.3, -0.25) is 0 Å². The van der Waals surface area contributed by atoms with E-state index in [1.807, 2.05) is 0 Å². The standard InChI is InChI=1S/C11H14O/c1-8-5-4-6-10(9(8)2)11(3)7-12-11/h4-6H,7H2,1-3H3. The zero-order chi connectivity index (χ0) is 8.77. The fourth-order valence-electron chi connectivity index (χ4n) is 1.59. The predicted octanol–water partition coefficient (Wildman–Crippen LogP) is 2.55. The molecule has 0 N–H and O–H groups in total. The van der Waals surface area contributed by atoms with E-state index in [9.17, 15) is 0 Å². The summed E-state index contributed by atoms with van der Waals surface area (Å²) in [7, 11) is 0. The van der Waals surface area contributed by atoms with Gasteiger partial charge in [-0.05, 0) is 37.5 Å². The van der Waals surface area contributed by atoms with Crippen LogP contribution in [-0.4, -0.2) is 6.61 Å². The Morgan fingerprint density at radius 3 is 2.58 bits per heavy atom. The van der Waals surface area contributed by atoms with Crippen molar-refractivity contribution >= 4 is 0 Å². The van der Waals surface area contributed by atoms with Gasteiger partial charge in [-0.1, -0.05) is 18.2 Å². The fraction of sp³-hybridized carbons (Fsp3) is 0.455. The first kappa shape index (κ1) is 7.81. The van der Waals surface area contributed by atoms with Crippen molar-refractivity contribution in [2.75, 3.05) is 6.61 Å². The van der Waals surface area contributed by atoms with Gasteiger partial charge < -0.3 is 4.74 Å². The van der Waals surface area contributed by atoms with Gasteiger partial charge in [0, 0.05) is 0 Å². The van der Waals surface area contributed by atoms with Crippen LogP contribution in [0.25, 0.3) is 0 Å². The van der Waals surface area contributed by atoms with Crippen molar-refractivity contribution in [2.24, 2.45) is 0 Å². The summed E-state index contributed by atoms with van der Waals surface area (Å²) in [4.78, 5) is 0. The van der Waals surface area contributed by atoms with Gasteiger partial charge in [0.05, 0.1) is 6.61 Å². The highest BCUT2D eigenvalue weighted by molar-refractivity contribution is 5.38. The summed E-state index contributed by atoms with van der Waals surface area (Å²) in [6.07, 6.45) is 0. The van der Waals surface area contributed by atoms with Crippen molar-refractivity contribution in [3.63, 3.8) is 0 Å². The molecule has 1 nitrogen and oxygen atoms in total. The van der Waals surface area contributed by atoms with Crippen LogP contribution in [0.4, 0.5) is 0 Å². The van der Waals surface area contributed by atoms with E-state index in [0.29, 0.717) is 0 Å². The van der Waals surface area contributed by atoms with Crippen molar-refractivity contribution in [3.8, 4) is 0 Å². The lowest BCUT2D eigenvalue weighted by Crippen LogP contribution is -2.05. The average Bonchev–Trinajstić information content (AvgIpc) is 2.75. The zero-order valence-corrected chi connectivity index (χ0v) is 7.85. The molecule has 0 saturated carbocycles. The number of hydrogen-bond acceptors (Lipinski definition) is 1. The average molecular weight is 162 g/mol. The van der Waals surface area contributed by atoms with E-state index in [4.69, 9.17) is 4.74 Å². The van der Waals surface area contributed by atoms with Crippen molar-refractivity contribution in [3.05, 3.63) is 34.9 Å². The molecule has 1 heterocycles. The van der Waals surface area contributed by atoms with E-state index < -0.39 is 0 Å². The molecule has 1 saturated heterocycles. The third-order valence-electron chi connectivity index (χ3n) is 2.75.